The molecule has 0 aromatic heterocycles. The number of aromatic hydroxyl groups is 1. The number of hydrogen-bond acceptors (Lipinski definition) is 4. The van der Waals surface area contributed by atoms with Crippen LogP contribution in [0.3, 0.4) is 0 Å². The molecule has 1 aliphatic rings. The van der Waals surface area contributed by atoms with Gasteiger partial charge in [0, 0.05) is 11.1 Å². The van der Waals surface area contributed by atoms with Crippen molar-refractivity contribution < 1.29 is 46.1 Å². The monoisotopic (exact) mass is 550 g/mol. The van der Waals surface area contributed by atoms with Gasteiger partial charge in [-0.1, -0.05) is 31.6 Å². The molecule has 2 atom stereocenters. The third-order valence-corrected chi connectivity index (χ3v) is 6.79. The Morgan fingerprint density at radius 3 is 2.33 bits per heavy atom. The molecule has 0 saturated carbocycles. The van der Waals surface area contributed by atoms with E-state index in [9.17, 15) is 36.2 Å². The van der Waals surface area contributed by atoms with Gasteiger partial charge in [-0.2, -0.15) is 8.78 Å². The summed E-state index contributed by atoms with van der Waals surface area (Å²) < 4.78 is 91.2. The maximum atomic E-state index is 14.9. The molecule has 10 heteroatoms. The number of aliphatic hydroxyl groups is 1. The molecule has 4 nitrogen and oxygen atoms in total. The summed E-state index contributed by atoms with van der Waals surface area (Å²) in [6, 6.07) is 6.36. The van der Waals surface area contributed by atoms with Crippen molar-refractivity contribution in [3.63, 3.8) is 0 Å². The van der Waals surface area contributed by atoms with Gasteiger partial charge in [0.15, 0.2) is 34.8 Å². The number of carbonyl (C=O) groups excluding carboxylic acids is 1. The normalized spacial score (nSPS) is 16.1. The summed E-state index contributed by atoms with van der Waals surface area (Å²) in [5.74, 6) is -12.2. The zero-order valence-corrected chi connectivity index (χ0v) is 20.7. The standard InChI is InChI=1S/C29H24F6O4/c1-2-3-20(36)18-9-8-16(23(30)25(18)32)14-4-6-15(7-5-14)17-11-13-22(28(35)24(17)31)39-29(38)19-10-12-21(37)27(34)26(19)33/h6,8-14,20,36-37H,2-5,7H2,1H3. The van der Waals surface area contributed by atoms with Crippen molar-refractivity contribution in [3.8, 4) is 11.5 Å². The Bertz CT molecular complexity index is 1450. The first kappa shape index (κ1) is 28.2. The van der Waals surface area contributed by atoms with Crippen LogP contribution in [0.4, 0.5) is 26.3 Å². The van der Waals surface area contributed by atoms with Gasteiger partial charge in [-0.3, -0.25) is 0 Å². The van der Waals surface area contributed by atoms with Crippen LogP contribution in [0.5, 0.6) is 11.5 Å². The largest absolute Gasteiger partial charge is 0.505 e. The Morgan fingerprint density at radius 1 is 0.923 bits per heavy atom. The fourth-order valence-electron chi connectivity index (χ4n) is 4.65. The highest BCUT2D eigenvalue weighted by atomic mass is 19.2. The van der Waals surface area contributed by atoms with E-state index in [0.717, 1.165) is 18.2 Å². The smallest absolute Gasteiger partial charge is 0.346 e. The molecule has 39 heavy (non-hydrogen) atoms. The lowest BCUT2D eigenvalue weighted by Gasteiger charge is -2.24. The van der Waals surface area contributed by atoms with E-state index in [1.807, 2.05) is 6.92 Å². The molecule has 0 bridgehead atoms. The number of halogens is 6. The summed E-state index contributed by atoms with van der Waals surface area (Å²) in [6.07, 6.45) is 2.09. The molecule has 0 amide bonds. The van der Waals surface area contributed by atoms with Crippen LogP contribution < -0.4 is 4.74 Å². The number of phenols is 1. The predicted octanol–water partition coefficient (Wildman–Crippen LogP) is 7.63. The maximum Gasteiger partial charge on any atom is 0.346 e. The maximum absolute atomic E-state index is 14.9. The van der Waals surface area contributed by atoms with Gasteiger partial charge < -0.3 is 14.9 Å². The third kappa shape index (κ3) is 5.52. The van der Waals surface area contributed by atoms with Gasteiger partial charge in [-0.05, 0) is 67.0 Å². The van der Waals surface area contributed by atoms with Crippen molar-refractivity contribution in [2.75, 3.05) is 0 Å². The zero-order valence-electron chi connectivity index (χ0n) is 20.7. The minimum Gasteiger partial charge on any atom is -0.505 e. The van der Waals surface area contributed by atoms with Crippen LogP contribution in [0.2, 0.25) is 0 Å². The van der Waals surface area contributed by atoms with E-state index in [4.69, 9.17) is 9.84 Å². The fourth-order valence-corrected chi connectivity index (χ4v) is 4.65. The van der Waals surface area contributed by atoms with E-state index in [1.165, 1.54) is 12.1 Å². The van der Waals surface area contributed by atoms with Crippen molar-refractivity contribution in [2.45, 2.75) is 51.0 Å². The van der Waals surface area contributed by atoms with Crippen molar-refractivity contribution in [1.29, 1.82) is 0 Å². The van der Waals surface area contributed by atoms with Crippen LogP contribution in [-0.4, -0.2) is 16.2 Å². The first-order valence-electron chi connectivity index (χ1n) is 12.3. The number of phenolic OH excluding ortho intramolecular Hbond substituents is 1. The molecule has 3 aromatic rings. The molecule has 2 N–H and O–H groups in total. The first-order chi connectivity index (χ1) is 18.5. The topological polar surface area (TPSA) is 66.8 Å². The number of carbonyl (C=O) groups is 1. The predicted molar refractivity (Wildman–Crippen MR) is 130 cm³/mol. The summed E-state index contributed by atoms with van der Waals surface area (Å²) in [5.41, 5.74) is -0.629. The van der Waals surface area contributed by atoms with Crippen molar-refractivity contribution in [1.82, 2.24) is 0 Å². The molecule has 0 fully saturated rings. The number of esters is 1. The lowest BCUT2D eigenvalue weighted by atomic mass is 9.82. The Kier molecular flexibility index (Phi) is 8.34. The van der Waals surface area contributed by atoms with E-state index in [2.05, 4.69) is 0 Å². The van der Waals surface area contributed by atoms with Crippen molar-refractivity contribution >= 4 is 11.5 Å². The van der Waals surface area contributed by atoms with E-state index < -0.39 is 70.0 Å². The fraction of sp³-hybridized carbons (Fsp3) is 0.276. The van der Waals surface area contributed by atoms with Crippen molar-refractivity contribution in [3.05, 3.63) is 99.6 Å². The van der Waals surface area contributed by atoms with Crippen molar-refractivity contribution in [2.24, 2.45) is 0 Å². The number of hydrogen-bond donors (Lipinski definition) is 2. The van der Waals surface area contributed by atoms with Gasteiger partial charge in [0.1, 0.15) is 0 Å². The zero-order chi connectivity index (χ0) is 28.4. The molecule has 4 rings (SSSR count). The molecule has 0 radical (unpaired) electrons. The minimum absolute atomic E-state index is 0.109. The second-order valence-electron chi connectivity index (χ2n) is 9.27. The van der Waals surface area contributed by atoms with E-state index in [-0.39, 0.29) is 36.0 Å². The number of benzene rings is 3. The van der Waals surface area contributed by atoms with Crippen LogP contribution >= 0.6 is 0 Å². The number of aliphatic hydroxyl groups excluding tert-OH is 1. The molecular formula is C29H24F6O4. The molecule has 0 saturated heterocycles. The highest BCUT2D eigenvalue weighted by Gasteiger charge is 2.27. The summed E-state index contributed by atoms with van der Waals surface area (Å²) in [5, 5.41) is 19.2. The molecule has 2 unspecified atom stereocenters. The summed E-state index contributed by atoms with van der Waals surface area (Å²) in [6.45, 7) is 1.81. The van der Waals surface area contributed by atoms with Gasteiger partial charge in [0.2, 0.25) is 11.6 Å². The average molecular weight is 550 g/mol. The quantitative estimate of drug-likeness (QED) is 0.180. The highest BCUT2D eigenvalue weighted by Crippen LogP contribution is 2.40. The van der Waals surface area contributed by atoms with Gasteiger partial charge in [0.05, 0.1) is 11.7 Å². The van der Waals surface area contributed by atoms with Crippen LogP contribution in [0.25, 0.3) is 5.57 Å². The minimum atomic E-state index is -1.71. The lowest BCUT2D eigenvalue weighted by molar-refractivity contribution is 0.0720. The molecule has 0 spiro atoms. The molecular weight excluding hydrogens is 526 g/mol. The summed E-state index contributed by atoms with van der Waals surface area (Å²) in [4.78, 5) is 12.2. The molecule has 1 aliphatic carbocycles. The van der Waals surface area contributed by atoms with Crippen LogP contribution in [0, 0.1) is 34.9 Å². The van der Waals surface area contributed by atoms with Gasteiger partial charge in [-0.15, -0.1) is 0 Å². The number of rotatable bonds is 7. The van der Waals surface area contributed by atoms with Crippen LogP contribution in [-0.2, 0) is 0 Å². The van der Waals surface area contributed by atoms with Crippen LogP contribution in [0.1, 0.15) is 78.1 Å². The molecule has 0 heterocycles. The lowest BCUT2D eigenvalue weighted by Crippen LogP contribution is -2.14. The Labute approximate surface area is 220 Å². The van der Waals surface area contributed by atoms with Gasteiger partial charge in [0.25, 0.3) is 0 Å². The molecule has 3 aromatic carbocycles. The van der Waals surface area contributed by atoms with Crippen LogP contribution in [0.15, 0.2) is 42.5 Å². The Morgan fingerprint density at radius 2 is 1.67 bits per heavy atom. The second kappa shape index (κ2) is 11.5. The Balaban J connectivity index is 1.52. The SMILES string of the molecule is CCCC(O)c1ccc(C2CC=C(c3ccc(OC(=O)c4ccc(O)c(F)c4F)c(F)c3F)CC2)c(F)c1F. The summed E-state index contributed by atoms with van der Waals surface area (Å²) in [7, 11) is 0. The number of allylic oxidation sites excluding steroid dienone is 2. The third-order valence-electron chi connectivity index (χ3n) is 6.79. The molecule has 206 valence electrons. The highest BCUT2D eigenvalue weighted by molar-refractivity contribution is 5.91. The van der Waals surface area contributed by atoms with E-state index in [0.29, 0.717) is 24.5 Å². The average Bonchev–Trinajstić information content (AvgIpc) is 2.92. The first-order valence-corrected chi connectivity index (χ1v) is 12.3. The van der Waals surface area contributed by atoms with E-state index >= 15 is 0 Å². The Hall–Kier alpha value is -3.79. The molecule has 0 aliphatic heterocycles. The summed E-state index contributed by atoms with van der Waals surface area (Å²) >= 11 is 0. The van der Waals surface area contributed by atoms with Gasteiger partial charge in [-0.25, -0.2) is 22.4 Å². The van der Waals surface area contributed by atoms with Gasteiger partial charge >= 0.3 is 5.97 Å². The second-order valence-corrected chi connectivity index (χ2v) is 9.27. The van der Waals surface area contributed by atoms with E-state index in [1.54, 1.807) is 6.08 Å². The number of ether oxygens (including phenoxy) is 1.